The van der Waals surface area contributed by atoms with E-state index in [1.807, 2.05) is 0 Å². The lowest BCUT2D eigenvalue weighted by Crippen LogP contribution is -2.60. The van der Waals surface area contributed by atoms with Crippen molar-refractivity contribution < 1.29 is 18.0 Å². The van der Waals surface area contributed by atoms with E-state index in [9.17, 15) is 18.0 Å². The summed E-state index contributed by atoms with van der Waals surface area (Å²) in [6.07, 6.45) is -4.88. The molecule has 1 saturated carbocycles. The van der Waals surface area contributed by atoms with Crippen LogP contribution in [0.1, 0.15) is 26.7 Å². The average Bonchev–Trinajstić information content (AvgIpc) is 2.01. The van der Waals surface area contributed by atoms with Gasteiger partial charge in [0.1, 0.15) is 10.3 Å². The number of ketones is 1. The highest BCUT2D eigenvalue weighted by atomic mass is 35.5. The Morgan fingerprint density at radius 2 is 1.93 bits per heavy atom. The predicted octanol–water partition coefficient (Wildman–Crippen LogP) is 3.52. The van der Waals surface area contributed by atoms with E-state index in [0.29, 0.717) is 0 Å². The van der Waals surface area contributed by atoms with Gasteiger partial charge in [-0.25, -0.2) is 0 Å². The summed E-state index contributed by atoms with van der Waals surface area (Å²) < 4.78 is 36.7. The van der Waals surface area contributed by atoms with E-state index < -0.39 is 28.3 Å². The van der Waals surface area contributed by atoms with E-state index in [1.54, 1.807) is 13.8 Å². The third-order valence-corrected chi connectivity index (χ3v) is 4.21. The number of rotatable bonds is 2. The van der Waals surface area contributed by atoms with Crippen molar-refractivity contribution in [3.05, 3.63) is 0 Å². The van der Waals surface area contributed by atoms with Gasteiger partial charge in [-0.2, -0.15) is 13.2 Å². The van der Waals surface area contributed by atoms with Crippen LogP contribution < -0.4 is 0 Å². The SMILES string of the molecule is CC1(C)CC(=O)C1(Cl)CC(Cl)C(F)(F)F. The van der Waals surface area contributed by atoms with Crippen molar-refractivity contribution >= 4 is 29.0 Å². The first-order chi connectivity index (χ1) is 6.51. The average molecular weight is 263 g/mol. The van der Waals surface area contributed by atoms with Crippen LogP contribution in [0.2, 0.25) is 0 Å². The molecule has 0 radical (unpaired) electrons. The molecule has 0 spiro atoms. The van der Waals surface area contributed by atoms with Gasteiger partial charge in [0.2, 0.25) is 0 Å². The summed E-state index contributed by atoms with van der Waals surface area (Å²) >= 11 is 11.1. The fourth-order valence-electron chi connectivity index (χ4n) is 1.71. The maximum atomic E-state index is 12.2. The molecular formula is C9H11Cl2F3O. The molecule has 0 bridgehead atoms. The first kappa shape index (κ1) is 13.1. The molecule has 0 aromatic rings. The molecule has 1 rings (SSSR count). The van der Waals surface area contributed by atoms with Gasteiger partial charge in [-0.15, -0.1) is 23.2 Å². The summed E-state index contributed by atoms with van der Waals surface area (Å²) in [5, 5.41) is -2.07. The lowest BCUT2D eigenvalue weighted by Gasteiger charge is -2.50. The van der Waals surface area contributed by atoms with Crippen molar-refractivity contribution in [1.29, 1.82) is 0 Å². The van der Waals surface area contributed by atoms with Crippen molar-refractivity contribution in [1.82, 2.24) is 0 Å². The van der Waals surface area contributed by atoms with Gasteiger partial charge in [-0.05, 0) is 11.8 Å². The van der Waals surface area contributed by atoms with E-state index in [2.05, 4.69) is 0 Å². The Hall–Kier alpha value is 0.0400. The first-order valence-corrected chi connectivity index (χ1v) is 5.25. The van der Waals surface area contributed by atoms with Crippen LogP contribution in [0.15, 0.2) is 0 Å². The Kier molecular flexibility index (Phi) is 3.08. The summed E-state index contributed by atoms with van der Waals surface area (Å²) in [5.74, 6) is -0.357. The molecule has 0 aromatic heterocycles. The fourth-order valence-corrected chi connectivity index (χ4v) is 2.30. The van der Waals surface area contributed by atoms with Crippen LogP contribution in [0.25, 0.3) is 0 Å². The molecule has 1 aliphatic carbocycles. The van der Waals surface area contributed by atoms with Gasteiger partial charge < -0.3 is 0 Å². The molecule has 1 fully saturated rings. The van der Waals surface area contributed by atoms with Crippen molar-refractivity contribution in [2.45, 2.75) is 43.1 Å². The first-order valence-electron chi connectivity index (χ1n) is 4.44. The Bertz CT molecular complexity index is 288. The zero-order valence-corrected chi connectivity index (χ0v) is 9.80. The Morgan fingerprint density at radius 3 is 2.20 bits per heavy atom. The van der Waals surface area contributed by atoms with Gasteiger partial charge in [0.15, 0.2) is 5.78 Å². The lowest BCUT2D eigenvalue weighted by atomic mass is 9.59. The minimum absolute atomic E-state index is 0.206. The molecule has 0 N–H and O–H groups in total. The second-order valence-electron chi connectivity index (χ2n) is 4.50. The second kappa shape index (κ2) is 3.52. The third-order valence-electron chi connectivity index (χ3n) is 2.93. The zero-order valence-electron chi connectivity index (χ0n) is 8.29. The number of hydrogen-bond acceptors (Lipinski definition) is 1. The smallest absolute Gasteiger partial charge is 0.298 e. The van der Waals surface area contributed by atoms with Crippen molar-refractivity contribution in [3.63, 3.8) is 0 Å². The molecular weight excluding hydrogens is 252 g/mol. The van der Waals surface area contributed by atoms with Crippen LogP contribution in [-0.2, 0) is 4.79 Å². The van der Waals surface area contributed by atoms with E-state index in [1.165, 1.54) is 0 Å². The van der Waals surface area contributed by atoms with Gasteiger partial charge in [0.05, 0.1) is 0 Å². The largest absolute Gasteiger partial charge is 0.405 e. The van der Waals surface area contributed by atoms with Crippen molar-refractivity contribution in [2.75, 3.05) is 0 Å². The Morgan fingerprint density at radius 1 is 1.47 bits per heavy atom. The van der Waals surface area contributed by atoms with E-state index in [-0.39, 0.29) is 12.2 Å². The molecule has 2 atom stereocenters. The summed E-state index contributed by atoms with van der Waals surface area (Å²) in [6, 6.07) is 0. The van der Waals surface area contributed by atoms with Crippen LogP contribution in [0.4, 0.5) is 13.2 Å². The lowest BCUT2D eigenvalue weighted by molar-refractivity contribution is -0.147. The van der Waals surface area contributed by atoms with Gasteiger partial charge in [0, 0.05) is 6.42 Å². The molecule has 0 heterocycles. The normalized spacial score (nSPS) is 32.3. The van der Waals surface area contributed by atoms with Gasteiger partial charge in [-0.3, -0.25) is 4.79 Å². The molecule has 2 unspecified atom stereocenters. The molecule has 1 aliphatic rings. The summed E-state index contributed by atoms with van der Waals surface area (Å²) in [5.41, 5.74) is -0.621. The number of halogens is 5. The number of alkyl halides is 5. The van der Waals surface area contributed by atoms with Crippen LogP contribution in [-0.4, -0.2) is 22.2 Å². The standard InChI is InChI=1S/C9H11Cl2F3O/c1-7(2)4-6(15)8(7,11)3-5(10)9(12,13)14/h5H,3-4H2,1-2H3. The number of hydrogen-bond donors (Lipinski definition) is 0. The minimum atomic E-state index is -4.52. The van der Waals surface area contributed by atoms with E-state index in [4.69, 9.17) is 23.2 Å². The molecule has 15 heavy (non-hydrogen) atoms. The topological polar surface area (TPSA) is 17.1 Å². The van der Waals surface area contributed by atoms with Crippen LogP contribution >= 0.6 is 23.2 Å². The Balaban J connectivity index is 2.77. The molecule has 6 heteroatoms. The molecule has 88 valence electrons. The second-order valence-corrected chi connectivity index (χ2v) is 5.67. The van der Waals surface area contributed by atoms with Crippen molar-refractivity contribution in [2.24, 2.45) is 5.41 Å². The predicted molar refractivity (Wildman–Crippen MR) is 52.3 cm³/mol. The molecule has 1 nitrogen and oxygen atoms in total. The maximum absolute atomic E-state index is 12.2. The summed E-state index contributed by atoms with van der Waals surface area (Å²) in [6.45, 7) is 3.34. The van der Waals surface area contributed by atoms with E-state index in [0.717, 1.165) is 0 Å². The van der Waals surface area contributed by atoms with Crippen LogP contribution in [0.5, 0.6) is 0 Å². The van der Waals surface area contributed by atoms with Crippen LogP contribution in [0.3, 0.4) is 0 Å². The maximum Gasteiger partial charge on any atom is 0.405 e. The molecule has 0 aromatic carbocycles. The van der Waals surface area contributed by atoms with E-state index >= 15 is 0 Å². The van der Waals surface area contributed by atoms with Crippen molar-refractivity contribution in [3.8, 4) is 0 Å². The van der Waals surface area contributed by atoms with Gasteiger partial charge in [-0.1, -0.05) is 13.8 Å². The van der Waals surface area contributed by atoms with Gasteiger partial charge >= 0.3 is 6.18 Å². The molecule has 0 amide bonds. The minimum Gasteiger partial charge on any atom is -0.298 e. The van der Waals surface area contributed by atoms with Gasteiger partial charge in [0.25, 0.3) is 0 Å². The van der Waals surface area contributed by atoms with Crippen LogP contribution in [0, 0.1) is 5.41 Å². The monoisotopic (exact) mass is 262 g/mol. The highest BCUT2D eigenvalue weighted by molar-refractivity contribution is 6.39. The molecule has 0 saturated heterocycles. The summed E-state index contributed by atoms with van der Waals surface area (Å²) in [7, 11) is 0. The number of Topliss-reactive ketones (excluding diaryl/α,β-unsaturated/α-hetero) is 1. The highest BCUT2D eigenvalue weighted by Gasteiger charge is 2.61. The highest BCUT2D eigenvalue weighted by Crippen LogP contribution is 2.55. The fraction of sp³-hybridized carbons (Fsp3) is 0.889. The number of carbonyl (C=O) groups excluding carboxylic acids is 1. The summed E-state index contributed by atoms with van der Waals surface area (Å²) in [4.78, 5) is 9.81. The zero-order chi connectivity index (χ0) is 12.1. The Labute approximate surface area is 95.9 Å². The molecule has 0 aliphatic heterocycles. The number of carbonyl (C=O) groups is 1. The quantitative estimate of drug-likeness (QED) is 0.696. The third kappa shape index (κ3) is 2.11.